The average Bonchev–Trinajstić information content (AvgIpc) is 3.03. The molecular weight excluding hydrogens is 436 g/mol. The Hall–Kier alpha value is -2.79. The molecule has 3 aromatic rings. The number of hydrogen-bond acceptors (Lipinski definition) is 6. The molecular formula is C16H15BrN6O3S. The molecule has 0 aliphatic heterocycles. The van der Waals surface area contributed by atoms with Crippen LogP contribution in [0.2, 0.25) is 0 Å². The zero-order valence-corrected chi connectivity index (χ0v) is 16.5. The zero-order chi connectivity index (χ0) is 19.4. The Morgan fingerprint density at radius 1 is 1.19 bits per heavy atom. The highest BCUT2D eigenvalue weighted by Gasteiger charge is 2.18. The van der Waals surface area contributed by atoms with Gasteiger partial charge in [-0.15, -0.1) is 0 Å². The Kier molecular flexibility index (Phi) is 5.51. The molecule has 2 heterocycles. The maximum Gasteiger partial charge on any atom is 0.275 e. The molecule has 140 valence electrons. The summed E-state index contributed by atoms with van der Waals surface area (Å²) < 4.78 is 29.1. The quantitative estimate of drug-likeness (QED) is 0.595. The number of hydrogen-bond donors (Lipinski definition) is 2. The van der Waals surface area contributed by atoms with Gasteiger partial charge in [0.2, 0.25) is 5.95 Å². The van der Waals surface area contributed by atoms with Crippen molar-refractivity contribution in [1.29, 1.82) is 0 Å². The van der Waals surface area contributed by atoms with Crippen molar-refractivity contribution < 1.29 is 13.2 Å². The number of benzene rings is 1. The van der Waals surface area contributed by atoms with E-state index < -0.39 is 10.0 Å². The first kappa shape index (κ1) is 19.0. The van der Waals surface area contributed by atoms with Crippen LogP contribution in [0.1, 0.15) is 17.4 Å². The van der Waals surface area contributed by atoms with Gasteiger partial charge < -0.3 is 5.32 Å². The summed E-state index contributed by atoms with van der Waals surface area (Å²) in [5, 5.41) is 6.81. The van der Waals surface area contributed by atoms with Crippen LogP contribution >= 0.6 is 15.9 Å². The maximum absolute atomic E-state index is 12.4. The fourth-order valence-electron chi connectivity index (χ4n) is 2.27. The van der Waals surface area contributed by atoms with Crippen LogP contribution in [0, 0.1) is 0 Å². The summed E-state index contributed by atoms with van der Waals surface area (Å²) in [6.07, 6.45) is 4.41. The van der Waals surface area contributed by atoms with E-state index in [1.54, 1.807) is 16.9 Å². The number of rotatable bonds is 6. The van der Waals surface area contributed by atoms with Crippen molar-refractivity contribution in [2.24, 2.45) is 0 Å². The minimum atomic E-state index is -3.83. The molecule has 0 atom stereocenters. The largest absolute Gasteiger partial charge is 0.321 e. The van der Waals surface area contributed by atoms with Crippen LogP contribution in [0.4, 0.5) is 11.6 Å². The predicted molar refractivity (Wildman–Crippen MR) is 103 cm³/mol. The molecule has 11 heteroatoms. The van der Waals surface area contributed by atoms with E-state index in [0.717, 1.165) is 0 Å². The lowest BCUT2D eigenvalue weighted by Crippen LogP contribution is -2.18. The van der Waals surface area contributed by atoms with Crippen molar-refractivity contribution in [2.45, 2.75) is 18.4 Å². The number of anilines is 2. The van der Waals surface area contributed by atoms with Gasteiger partial charge >= 0.3 is 0 Å². The molecule has 0 fully saturated rings. The molecule has 0 saturated heterocycles. The first-order chi connectivity index (χ1) is 12.9. The van der Waals surface area contributed by atoms with Crippen LogP contribution in [0.3, 0.4) is 0 Å². The number of carbonyl (C=O) groups excluding carboxylic acids is 1. The number of nitrogens with zero attached hydrogens (tertiary/aromatic N) is 4. The Labute approximate surface area is 164 Å². The van der Waals surface area contributed by atoms with Crippen molar-refractivity contribution in [1.82, 2.24) is 19.7 Å². The molecule has 2 N–H and O–H groups in total. The highest BCUT2D eigenvalue weighted by Crippen LogP contribution is 2.20. The Morgan fingerprint density at radius 3 is 2.48 bits per heavy atom. The molecule has 27 heavy (non-hydrogen) atoms. The summed E-state index contributed by atoms with van der Waals surface area (Å²) in [6.45, 7) is 2.41. The van der Waals surface area contributed by atoms with Gasteiger partial charge in [-0.2, -0.15) is 5.10 Å². The third-order valence-electron chi connectivity index (χ3n) is 3.52. The first-order valence-corrected chi connectivity index (χ1v) is 10.1. The minimum Gasteiger partial charge on any atom is -0.321 e. The van der Waals surface area contributed by atoms with E-state index in [9.17, 15) is 13.2 Å². The van der Waals surface area contributed by atoms with Gasteiger partial charge in [-0.1, -0.05) is 0 Å². The van der Waals surface area contributed by atoms with Gasteiger partial charge in [0.15, 0.2) is 0 Å². The second kappa shape index (κ2) is 7.84. The third-order valence-corrected chi connectivity index (χ3v) is 5.45. The van der Waals surface area contributed by atoms with Crippen molar-refractivity contribution in [3.8, 4) is 0 Å². The van der Waals surface area contributed by atoms with Crippen LogP contribution < -0.4 is 10.0 Å². The third kappa shape index (κ3) is 4.31. The number of halogens is 1. The van der Waals surface area contributed by atoms with Gasteiger partial charge in [-0.25, -0.2) is 23.1 Å². The lowest BCUT2D eigenvalue weighted by molar-refractivity contribution is 0.101. The highest BCUT2D eigenvalue weighted by molar-refractivity contribution is 9.10. The van der Waals surface area contributed by atoms with Crippen LogP contribution in [0.15, 0.2) is 58.3 Å². The van der Waals surface area contributed by atoms with E-state index in [4.69, 9.17) is 0 Å². The van der Waals surface area contributed by atoms with Crippen LogP contribution in [-0.2, 0) is 16.6 Å². The SMILES string of the molecule is CCn1ncc(Br)c1C(=O)Nc1ccc(S(=O)(=O)Nc2ncccn2)cc1. The fourth-order valence-corrected chi connectivity index (χ4v) is 3.70. The van der Waals surface area contributed by atoms with Crippen molar-refractivity contribution in [3.05, 3.63) is 59.1 Å². The normalized spacial score (nSPS) is 11.2. The molecule has 3 rings (SSSR count). The number of amides is 1. The number of nitrogens with one attached hydrogen (secondary N) is 2. The smallest absolute Gasteiger partial charge is 0.275 e. The number of carbonyl (C=O) groups is 1. The van der Waals surface area contributed by atoms with Gasteiger partial charge in [-0.05, 0) is 53.2 Å². The molecule has 1 aromatic carbocycles. The monoisotopic (exact) mass is 450 g/mol. The minimum absolute atomic E-state index is 0.0208. The van der Waals surface area contributed by atoms with E-state index in [2.05, 4.69) is 41.0 Å². The predicted octanol–water partition coefficient (Wildman–Crippen LogP) is 2.51. The van der Waals surface area contributed by atoms with Gasteiger partial charge in [-0.3, -0.25) is 9.48 Å². The van der Waals surface area contributed by atoms with Crippen molar-refractivity contribution in [3.63, 3.8) is 0 Å². The van der Waals surface area contributed by atoms with Gasteiger partial charge in [0.05, 0.1) is 15.6 Å². The molecule has 2 aromatic heterocycles. The van der Waals surface area contributed by atoms with Crippen LogP contribution in [0.5, 0.6) is 0 Å². The lowest BCUT2D eigenvalue weighted by atomic mass is 10.3. The zero-order valence-electron chi connectivity index (χ0n) is 14.1. The van der Waals surface area contributed by atoms with Crippen LogP contribution in [-0.4, -0.2) is 34.1 Å². The molecule has 0 bridgehead atoms. The Balaban J connectivity index is 1.75. The summed E-state index contributed by atoms with van der Waals surface area (Å²) in [5.74, 6) is -0.375. The molecule has 0 unspecified atom stereocenters. The van der Waals surface area contributed by atoms with Gasteiger partial charge in [0.1, 0.15) is 5.69 Å². The molecule has 9 nitrogen and oxygen atoms in total. The summed E-state index contributed by atoms with van der Waals surface area (Å²) >= 11 is 3.30. The second-order valence-electron chi connectivity index (χ2n) is 5.31. The van der Waals surface area contributed by atoms with Crippen molar-refractivity contribution >= 4 is 43.5 Å². The van der Waals surface area contributed by atoms with E-state index in [1.807, 2.05) is 6.92 Å². The molecule has 1 amide bonds. The summed E-state index contributed by atoms with van der Waals surface area (Å²) in [6, 6.07) is 7.34. The average molecular weight is 451 g/mol. The number of sulfonamides is 1. The van der Waals surface area contributed by atoms with E-state index in [1.165, 1.54) is 36.7 Å². The standard InChI is InChI=1S/C16H15BrN6O3S/c1-2-23-14(13(17)10-20-23)15(24)21-11-4-6-12(7-5-11)27(25,26)22-16-18-8-3-9-19-16/h3-10H,2H2,1H3,(H,21,24)(H,18,19,22). The Bertz CT molecular complexity index is 1050. The molecule has 0 saturated carbocycles. The summed E-state index contributed by atoms with van der Waals surface area (Å²) in [7, 11) is -3.83. The number of aromatic nitrogens is 4. The molecule has 0 aliphatic rings. The summed E-state index contributed by atoms with van der Waals surface area (Å²) in [5.41, 5.74) is 0.836. The second-order valence-corrected chi connectivity index (χ2v) is 7.85. The van der Waals surface area contributed by atoms with Gasteiger partial charge in [0, 0.05) is 24.6 Å². The lowest BCUT2D eigenvalue weighted by Gasteiger charge is -2.09. The molecule has 0 radical (unpaired) electrons. The van der Waals surface area contributed by atoms with E-state index >= 15 is 0 Å². The topological polar surface area (TPSA) is 119 Å². The van der Waals surface area contributed by atoms with E-state index in [-0.39, 0.29) is 16.8 Å². The highest BCUT2D eigenvalue weighted by atomic mass is 79.9. The molecule has 0 aliphatic carbocycles. The molecule has 0 spiro atoms. The van der Waals surface area contributed by atoms with E-state index in [0.29, 0.717) is 22.4 Å². The van der Waals surface area contributed by atoms with Crippen molar-refractivity contribution in [2.75, 3.05) is 10.0 Å². The van der Waals surface area contributed by atoms with Crippen LogP contribution in [0.25, 0.3) is 0 Å². The first-order valence-electron chi connectivity index (χ1n) is 7.83. The maximum atomic E-state index is 12.4. The fraction of sp³-hybridized carbons (Fsp3) is 0.125. The van der Waals surface area contributed by atoms with Gasteiger partial charge in [0.25, 0.3) is 15.9 Å². The Morgan fingerprint density at radius 2 is 1.85 bits per heavy atom. The summed E-state index contributed by atoms with van der Waals surface area (Å²) in [4.78, 5) is 20.1. The number of aryl methyl sites for hydroxylation is 1.